The lowest BCUT2D eigenvalue weighted by Gasteiger charge is -2.25. The number of likely N-dealkylation sites (tertiary alicyclic amines) is 1. The number of carbonyl (C=O) groups excluding carboxylic acids is 1. The minimum atomic E-state index is -0.987. The first-order valence-electron chi connectivity index (χ1n) is 8.09. The number of rotatable bonds is 2. The van der Waals surface area contributed by atoms with Gasteiger partial charge in [-0.1, -0.05) is 30.3 Å². The summed E-state index contributed by atoms with van der Waals surface area (Å²) in [5.74, 6) is -0.103. The van der Waals surface area contributed by atoms with E-state index in [-0.39, 0.29) is 5.91 Å². The molecule has 1 saturated heterocycles. The van der Waals surface area contributed by atoms with Crippen LogP contribution in [0, 0.1) is 6.92 Å². The molecular weight excluding hydrogens is 302 g/mol. The predicted octanol–water partition coefficient (Wildman–Crippen LogP) is 2.38. The summed E-state index contributed by atoms with van der Waals surface area (Å²) in [6.07, 6.45) is 2.22. The summed E-state index contributed by atoms with van der Waals surface area (Å²) in [7, 11) is 0. The Balaban J connectivity index is 1.64. The predicted molar refractivity (Wildman–Crippen MR) is 90.8 cm³/mol. The van der Waals surface area contributed by atoms with Crippen LogP contribution in [0.5, 0.6) is 0 Å². The van der Waals surface area contributed by atoms with Gasteiger partial charge in [-0.2, -0.15) is 5.10 Å². The Hall–Kier alpha value is -2.66. The van der Waals surface area contributed by atoms with Crippen molar-refractivity contribution in [3.63, 3.8) is 0 Å². The molecule has 5 heteroatoms. The van der Waals surface area contributed by atoms with Gasteiger partial charge in [0.25, 0.3) is 5.91 Å². The van der Waals surface area contributed by atoms with E-state index in [2.05, 4.69) is 5.10 Å². The zero-order valence-corrected chi connectivity index (χ0v) is 13.5. The van der Waals surface area contributed by atoms with Crippen LogP contribution in [0.1, 0.15) is 28.0 Å². The molecule has 0 bridgehead atoms. The van der Waals surface area contributed by atoms with E-state index in [0.717, 1.165) is 16.6 Å². The third-order valence-electron chi connectivity index (χ3n) is 4.82. The number of aryl methyl sites for hydroxylation is 1. The highest BCUT2D eigenvalue weighted by Gasteiger charge is 2.40. The first kappa shape index (κ1) is 14.9. The second-order valence-corrected chi connectivity index (χ2v) is 6.40. The molecule has 1 atom stereocenters. The third-order valence-corrected chi connectivity index (χ3v) is 4.82. The number of nitrogens with zero attached hydrogens (tertiary/aromatic N) is 3. The van der Waals surface area contributed by atoms with E-state index in [1.54, 1.807) is 21.7 Å². The normalized spacial score (nSPS) is 20.7. The quantitative estimate of drug-likeness (QED) is 0.788. The number of hydrogen-bond donors (Lipinski definition) is 1. The molecule has 24 heavy (non-hydrogen) atoms. The lowest BCUT2D eigenvalue weighted by molar-refractivity contribution is 0.0410. The van der Waals surface area contributed by atoms with Crippen LogP contribution in [0.25, 0.3) is 5.52 Å². The number of fused-ring (bicyclic) bond motifs is 1. The van der Waals surface area contributed by atoms with Crippen molar-refractivity contribution in [2.75, 3.05) is 13.1 Å². The molecule has 1 amide bonds. The number of hydrogen-bond acceptors (Lipinski definition) is 3. The number of benzene rings is 1. The smallest absolute Gasteiger partial charge is 0.272 e. The number of amides is 1. The van der Waals surface area contributed by atoms with E-state index in [9.17, 15) is 9.90 Å². The average molecular weight is 321 g/mol. The minimum Gasteiger partial charge on any atom is -0.383 e. The molecule has 3 aromatic rings. The average Bonchev–Trinajstić information content (AvgIpc) is 3.21. The molecule has 2 aromatic heterocycles. The Kier molecular flexibility index (Phi) is 3.39. The van der Waals surface area contributed by atoms with Gasteiger partial charge in [0.05, 0.1) is 18.3 Å². The Morgan fingerprint density at radius 2 is 2.00 bits per heavy atom. The van der Waals surface area contributed by atoms with Gasteiger partial charge >= 0.3 is 0 Å². The molecule has 122 valence electrons. The summed E-state index contributed by atoms with van der Waals surface area (Å²) in [4.78, 5) is 14.6. The van der Waals surface area contributed by atoms with Gasteiger partial charge in [0, 0.05) is 6.54 Å². The maximum absolute atomic E-state index is 12.9. The van der Waals surface area contributed by atoms with Crippen molar-refractivity contribution in [2.24, 2.45) is 0 Å². The third kappa shape index (κ3) is 2.29. The fourth-order valence-corrected chi connectivity index (χ4v) is 3.56. The molecule has 5 nitrogen and oxygen atoms in total. The highest BCUT2D eigenvalue weighted by atomic mass is 16.3. The molecule has 1 fully saturated rings. The fraction of sp³-hybridized carbons (Fsp3) is 0.263. The molecule has 1 aromatic carbocycles. The van der Waals surface area contributed by atoms with E-state index < -0.39 is 5.60 Å². The maximum Gasteiger partial charge on any atom is 0.272 e. The molecular formula is C19H19N3O2. The zero-order valence-electron chi connectivity index (χ0n) is 13.5. The first-order chi connectivity index (χ1) is 11.6. The monoisotopic (exact) mass is 321 g/mol. The molecule has 0 saturated carbocycles. The summed E-state index contributed by atoms with van der Waals surface area (Å²) in [6, 6.07) is 15.2. The van der Waals surface area contributed by atoms with E-state index in [1.165, 1.54) is 0 Å². The molecule has 1 aliphatic heterocycles. The molecule has 0 aliphatic carbocycles. The minimum absolute atomic E-state index is 0.103. The van der Waals surface area contributed by atoms with Gasteiger partial charge < -0.3 is 10.0 Å². The van der Waals surface area contributed by atoms with Crippen LogP contribution in [0.15, 0.2) is 54.7 Å². The van der Waals surface area contributed by atoms with Gasteiger partial charge in [0.1, 0.15) is 11.3 Å². The Morgan fingerprint density at radius 1 is 1.17 bits per heavy atom. The number of aliphatic hydroxyl groups is 1. The van der Waals surface area contributed by atoms with Crippen LogP contribution < -0.4 is 0 Å². The summed E-state index contributed by atoms with van der Waals surface area (Å²) < 4.78 is 1.65. The van der Waals surface area contributed by atoms with Crippen LogP contribution in [-0.4, -0.2) is 38.6 Å². The van der Waals surface area contributed by atoms with Gasteiger partial charge in [0.2, 0.25) is 0 Å². The molecule has 3 heterocycles. The van der Waals surface area contributed by atoms with Crippen molar-refractivity contribution >= 4 is 11.4 Å². The van der Waals surface area contributed by atoms with E-state index in [4.69, 9.17) is 0 Å². The number of carbonyl (C=O) groups is 1. The second kappa shape index (κ2) is 5.46. The second-order valence-electron chi connectivity index (χ2n) is 6.40. The van der Waals surface area contributed by atoms with Crippen molar-refractivity contribution in [1.82, 2.24) is 14.5 Å². The van der Waals surface area contributed by atoms with Crippen LogP contribution in [-0.2, 0) is 5.60 Å². The summed E-state index contributed by atoms with van der Waals surface area (Å²) in [6.45, 7) is 2.82. The number of pyridine rings is 1. The summed E-state index contributed by atoms with van der Waals surface area (Å²) in [5.41, 5.74) is 2.36. The van der Waals surface area contributed by atoms with Gasteiger partial charge in [-0.25, -0.2) is 4.52 Å². The standard InChI is InChI=1S/C19H19N3O2/c1-14-5-2-3-7-16(14)19(24)10-12-21(13-19)18(23)17-8-4-6-15-9-11-20-22(15)17/h2-9,11,24H,10,12-13H2,1H3/t19-/m0/s1. The van der Waals surface area contributed by atoms with Crippen molar-refractivity contribution in [3.8, 4) is 0 Å². The van der Waals surface area contributed by atoms with E-state index in [0.29, 0.717) is 25.2 Å². The maximum atomic E-state index is 12.9. The van der Waals surface area contributed by atoms with Crippen molar-refractivity contribution < 1.29 is 9.90 Å². The molecule has 0 spiro atoms. The Bertz CT molecular complexity index is 918. The zero-order chi connectivity index (χ0) is 16.7. The van der Waals surface area contributed by atoms with Crippen LogP contribution in [0.3, 0.4) is 0 Å². The van der Waals surface area contributed by atoms with E-state index >= 15 is 0 Å². The molecule has 1 aliphatic rings. The first-order valence-corrected chi connectivity index (χ1v) is 8.09. The Morgan fingerprint density at radius 3 is 2.83 bits per heavy atom. The Labute approximate surface area is 140 Å². The highest BCUT2D eigenvalue weighted by Crippen LogP contribution is 2.34. The lowest BCUT2D eigenvalue weighted by atomic mass is 9.89. The van der Waals surface area contributed by atoms with Crippen LogP contribution in [0.2, 0.25) is 0 Å². The molecule has 0 radical (unpaired) electrons. The molecule has 4 rings (SSSR count). The molecule has 1 N–H and O–H groups in total. The molecule has 0 unspecified atom stereocenters. The van der Waals surface area contributed by atoms with Crippen LogP contribution >= 0.6 is 0 Å². The van der Waals surface area contributed by atoms with Gasteiger partial charge in [0.15, 0.2) is 0 Å². The topological polar surface area (TPSA) is 57.8 Å². The van der Waals surface area contributed by atoms with Gasteiger partial charge in [-0.3, -0.25) is 4.79 Å². The fourth-order valence-electron chi connectivity index (χ4n) is 3.56. The number of aromatic nitrogens is 2. The van der Waals surface area contributed by atoms with Gasteiger partial charge in [-0.15, -0.1) is 0 Å². The number of β-amino-alcohol motifs (C(OH)–C–C–N with tert-alkyl or cyclic N) is 1. The SMILES string of the molecule is Cc1ccccc1[C@]1(O)CCN(C(=O)c2cccc3ccnn23)C1. The van der Waals surface area contributed by atoms with E-state index in [1.807, 2.05) is 49.4 Å². The van der Waals surface area contributed by atoms with Gasteiger partial charge in [-0.05, 0) is 42.7 Å². The highest BCUT2D eigenvalue weighted by molar-refractivity contribution is 5.93. The van der Waals surface area contributed by atoms with Crippen molar-refractivity contribution in [3.05, 3.63) is 71.5 Å². The largest absolute Gasteiger partial charge is 0.383 e. The lowest BCUT2D eigenvalue weighted by Crippen LogP contribution is -2.35. The van der Waals surface area contributed by atoms with Crippen molar-refractivity contribution in [1.29, 1.82) is 0 Å². The summed E-state index contributed by atoms with van der Waals surface area (Å²) >= 11 is 0. The van der Waals surface area contributed by atoms with Crippen LogP contribution in [0.4, 0.5) is 0 Å². The summed E-state index contributed by atoms with van der Waals surface area (Å²) in [5, 5.41) is 15.3. The van der Waals surface area contributed by atoms with Crippen molar-refractivity contribution in [2.45, 2.75) is 18.9 Å².